The molecule has 0 saturated carbocycles. The van der Waals surface area contributed by atoms with Crippen LogP contribution in [0.2, 0.25) is 0 Å². The number of hydrogen-bond acceptors (Lipinski definition) is 6. The van der Waals surface area contributed by atoms with Crippen molar-refractivity contribution in [2.24, 2.45) is 4.99 Å². The molecule has 0 spiro atoms. The summed E-state index contributed by atoms with van der Waals surface area (Å²) in [5.41, 5.74) is 0.872. The van der Waals surface area contributed by atoms with Crippen LogP contribution in [0.25, 0.3) is 0 Å². The zero-order chi connectivity index (χ0) is 19.7. The molecule has 148 valence electrons. The fourth-order valence-corrected chi connectivity index (χ4v) is 3.15. The molecule has 1 aromatic carbocycles. The van der Waals surface area contributed by atoms with E-state index in [2.05, 4.69) is 15.6 Å². The van der Waals surface area contributed by atoms with Crippen molar-refractivity contribution in [3.63, 3.8) is 0 Å². The molecule has 2 N–H and O–H groups in total. The van der Waals surface area contributed by atoms with Crippen LogP contribution in [0.15, 0.2) is 17.1 Å². The summed E-state index contributed by atoms with van der Waals surface area (Å²) in [5, 5.41) is 6.37. The van der Waals surface area contributed by atoms with Gasteiger partial charge in [-0.25, -0.2) is 8.42 Å². The van der Waals surface area contributed by atoms with Crippen LogP contribution in [0.3, 0.4) is 0 Å². The highest BCUT2D eigenvalue weighted by atomic mass is 32.2. The summed E-state index contributed by atoms with van der Waals surface area (Å²) in [6.07, 6.45) is 1.73. The lowest BCUT2D eigenvalue weighted by Gasteiger charge is -2.19. The van der Waals surface area contributed by atoms with Gasteiger partial charge in [0.05, 0.1) is 27.1 Å². The third-order valence-electron chi connectivity index (χ3n) is 3.76. The molecule has 0 aliphatic heterocycles. The topological polar surface area (TPSA) is 98.2 Å². The van der Waals surface area contributed by atoms with Gasteiger partial charge in [0.15, 0.2) is 17.5 Å². The van der Waals surface area contributed by atoms with E-state index in [9.17, 15) is 8.42 Å². The number of aliphatic imine (C=N–C) groups is 1. The van der Waals surface area contributed by atoms with E-state index in [1.807, 2.05) is 19.1 Å². The standard InChI is InChI=1S/C17H29N3O5S/c1-12(9-10-26(6,21)22)20-17(18-2)19-11-13-7-8-14(23-3)16(25-5)15(13)24-4/h7-8,12H,9-11H2,1-6H3,(H2,18,19,20). The molecule has 0 amide bonds. The summed E-state index contributed by atoms with van der Waals surface area (Å²) >= 11 is 0. The minimum atomic E-state index is -2.98. The number of nitrogens with zero attached hydrogens (tertiary/aromatic N) is 1. The highest BCUT2D eigenvalue weighted by Gasteiger charge is 2.16. The Morgan fingerprint density at radius 2 is 1.81 bits per heavy atom. The van der Waals surface area contributed by atoms with Gasteiger partial charge < -0.3 is 24.8 Å². The molecule has 1 atom stereocenters. The number of guanidine groups is 1. The third-order valence-corrected chi connectivity index (χ3v) is 4.74. The van der Waals surface area contributed by atoms with Crippen molar-refractivity contribution in [1.29, 1.82) is 0 Å². The number of methoxy groups -OCH3 is 3. The first-order valence-electron chi connectivity index (χ1n) is 8.18. The molecule has 0 saturated heterocycles. The number of benzene rings is 1. The normalized spacial score (nSPS) is 13.1. The Morgan fingerprint density at radius 3 is 2.31 bits per heavy atom. The van der Waals surface area contributed by atoms with E-state index in [1.54, 1.807) is 28.4 Å². The Labute approximate surface area is 155 Å². The van der Waals surface area contributed by atoms with Gasteiger partial charge in [-0.3, -0.25) is 4.99 Å². The van der Waals surface area contributed by atoms with E-state index < -0.39 is 9.84 Å². The average molecular weight is 388 g/mol. The van der Waals surface area contributed by atoms with E-state index in [-0.39, 0.29) is 11.8 Å². The molecule has 0 aromatic heterocycles. The van der Waals surface area contributed by atoms with E-state index in [0.29, 0.717) is 36.2 Å². The van der Waals surface area contributed by atoms with Gasteiger partial charge in [-0.2, -0.15) is 0 Å². The maximum atomic E-state index is 11.3. The number of ether oxygens (including phenoxy) is 3. The Hall–Kier alpha value is -2.16. The quantitative estimate of drug-likeness (QED) is 0.485. The van der Waals surface area contributed by atoms with Crippen molar-refractivity contribution >= 4 is 15.8 Å². The number of rotatable bonds is 9. The van der Waals surface area contributed by atoms with Crippen molar-refractivity contribution in [3.05, 3.63) is 17.7 Å². The first-order valence-corrected chi connectivity index (χ1v) is 10.2. The SMILES string of the molecule is CN=C(NCc1ccc(OC)c(OC)c1OC)NC(C)CCS(C)(=O)=O. The highest BCUT2D eigenvalue weighted by molar-refractivity contribution is 7.90. The molecular formula is C17H29N3O5S. The van der Waals surface area contributed by atoms with Gasteiger partial charge >= 0.3 is 0 Å². The summed E-state index contributed by atoms with van der Waals surface area (Å²) in [7, 11) is 3.37. The lowest BCUT2D eigenvalue weighted by molar-refractivity contribution is 0.322. The molecule has 0 fully saturated rings. The summed E-state index contributed by atoms with van der Waals surface area (Å²) in [5.74, 6) is 2.40. The Morgan fingerprint density at radius 1 is 1.15 bits per heavy atom. The van der Waals surface area contributed by atoms with Crippen molar-refractivity contribution < 1.29 is 22.6 Å². The van der Waals surface area contributed by atoms with E-state index in [1.165, 1.54) is 6.26 Å². The largest absolute Gasteiger partial charge is 0.493 e. The molecule has 0 bridgehead atoms. The van der Waals surface area contributed by atoms with Crippen molar-refractivity contribution in [3.8, 4) is 17.2 Å². The van der Waals surface area contributed by atoms with Gasteiger partial charge in [-0.15, -0.1) is 0 Å². The number of nitrogens with one attached hydrogen (secondary N) is 2. The van der Waals surface area contributed by atoms with Crippen LogP contribution in [0.1, 0.15) is 18.9 Å². The molecule has 9 heteroatoms. The second kappa shape index (κ2) is 10.1. The van der Waals surface area contributed by atoms with Gasteiger partial charge in [-0.05, 0) is 25.5 Å². The lowest BCUT2D eigenvalue weighted by atomic mass is 10.1. The lowest BCUT2D eigenvalue weighted by Crippen LogP contribution is -2.42. The molecule has 0 radical (unpaired) electrons. The molecule has 1 rings (SSSR count). The molecule has 0 aliphatic rings. The van der Waals surface area contributed by atoms with Crippen LogP contribution >= 0.6 is 0 Å². The maximum absolute atomic E-state index is 11.3. The van der Waals surface area contributed by atoms with Gasteiger partial charge in [0.1, 0.15) is 9.84 Å². The first-order chi connectivity index (χ1) is 12.3. The third kappa shape index (κ3) is 6.62. The van der Waals surface area contributed by atoms with E-state index in [0.717, 1.165) is 5.56 Å². The molecule has 8 nitrogen and oxygen atoms in total. The van der Waals surface area contributed by atoms with Gasteiger partial charge in [-0.1, -0.05) is 0 Å². The predicted octanol–water partition coefficient (Wildman–Crippen LogP) is 1.20. The zero-order valence-electron chi connectivity index (χ0n) is 16.3. The monoisotopic (exact) mass is 387 g/mol. The smallest absolute Gasteiger partial charge is 0.203 e. The van der Waals surface area contributed by atoms with Crippen LogP contribution in [0, 0.1) is 0 Å². The van der Waals surface area contributed by atoms with Gasteiger partial charge in [0, 0.05) is 31.5 Å². The minimum Gasteiger partial charge on any atom is -0.493 e. The molecular weight excluding hydrogens is 358 g/mol. The zero-order valence-corrected chi connectivity index (χ0v) is 17.1. The van der Waals surface area contributed by atoms with Crippen LogP contribution < -0.4 is 24.8 Å². The number of hydrogen-bond donors (Lipinski definition) is 2. The van der Waals surface area contributed by atoms with Crippen LogP contribution in [0.4, 0.5) is 0 Å². The summed E-state index contributed by atoms with van der Waals surface area (Å²) in [6, 6.07) is 3.65. The van der Waals surface area contributed by atoms with E-state index in [4.69, 9.17) is 14.2 Å². The minimum absolute atomic E-state index is 0.0387. The van der Waals surface area contributed by atoms with Crippen molar-refractivity contribution in [1.82, 2.24) is 10.6 Å². The van der Waals surface area contributed by atoms with Gasteiger partial charge in [0.25, 0.3) is 0 Å². The summed E-state index contributed by atoms with van der Waals surface area (Å²) in [6.45, 7) is 2.36. The first kappa shape index (κ1) is 21.9. The Kier molecular flexibility index (Phi) is 8.50. The van der Waals surface area contributed by atoms with Crippen molar-refractivity contribution in [2.75, 3.05) is 40.4 Å². The fourth-order valence-electron chi connectivity index (χ4n) is 2.37. The molecule has 1 unspecified atom stereocenters. The fraction of sp³-hybridized carbons (Fsp3) is 0.588. The van der Waals surface area contributed by atoms with Gasteiger partial charge in [0.2, 0.25) is 5.75 Å². The maximum Gasteiger partial charge on any atom is 0.203 e. The summed E-state index contributed by atoms with van der Waals surface area (Å²) < 4.78 is 38.7. The average Bonchev–Trinajstić information content (AvgIpc) is 2.61. The second-order valence-corrected chi connectivity index (χ2v) is 8.14. The Bertz CT molecular complexity index is 719. The Balaban J connectivity index is 2.77. The summed E-state index contributed by atoms with van der Waals surface area (Å²) in [4.78, 5) is 4.17. The van der Waals surface area contributed by atoms with Crippen LogP contribution in [-0.2, 0) is 16.4 Å². The second-order valence-electron chi connectivity index (χ2n) is 5.88. The van der Waals surface area contributed by atoms with E-state index >= 15 is 0 Å². The predicted molar refractivity (Wildman–Crippen MR) is 103 cm³/mol. The molecule has 1 aromatic rings. The molecule has 26 heavy (non-hydrogen) atoms. The highest BCUT2D eigenvalue weighted by Crippen LogP contribution is 2.39. The van der Waals surface area contributed by atoms with Crippen LogP contribution in [-0.4, -0.2) is 60.8 Å². The molecule has 0 heterocycles. The van der Waals surface area contributed by atoms with Crippen LogP contribution in [0.5, 0.6) is 17.2 Å². The van der Waals surface area contributed by atoms with Crippen molar-refractivity contribution in [2.45, 2.75) is 25.9 Å². The molecule has 0 aliphatic carbocycles. The number of sulfone groups is 1.